The first-order valence-electron chi connectivity index (χ1n) is 8.26. The number of hydrogen-bond donors (Lipinski definition) is 0. The predicted molar refractivity (Wildman–Crippen MR) is 91.8 cm³/mol. The third-order valence-corrected chi connectivity index (χ3v) is 4.60. The molecular weight excluding hydrogens is 286 g/mol. The highest BCUT2D eigenvalue weighted by atomic mass is 16.5. The minimum atomic E-state index is 0.123. The quantitative estimate of drug-likeness (QED) is 0.845. The van der Waals surface area contributed by atoms with Crippen LogP contribution in [0.15, 0.2) is 48.5 Å². The molecule has 0 aliphatic carbocycles. The molecule has 0 bridgehead atoms. The second kappa shape index (κ2) is 6.86. The molecule has 0 aromatic heterocycles. The molecule has 1 aliphatic rings. The number of nitrogens with zero attached hydrogens (tertiary/aromatic N) is 1. The van der Waals surface area contributed by atoms with Crippen molar-refractivity contribution in [1.29, 1.82) is 0 Å². The lowest BCUT2D eigenvalue weighted by molar-refractivity contribution is 0.0735. The number of likely N-dealkylation sites (tertiary alicyclic amines) is 1. The zero-order valence-corrected chi connectivity index (χ0v) is 13.8. The van der Waals surface area contributed by atoms with Gasteiger partial charge in [0.2, 0.25) is 0 Å². The Kier molecular flexibility index (Phi) is 4.65. The molecule has 1 amide bonds. The number of methoxy groups -OCH3 is 1. The molecule has 1 unspecified atom stereocenters. The van der Waals surface area contributed by atoms with E-state index < -0.39 is 0 Å². The van der Waals surface area contributed by atoms with Crippen LogP contribution in [0.25, 0.3) is 0 Å². The molecular formula is C20H23NO2. The fourth-order valence-corrected chi connectivity index (χ4v) is 3.25. The monoisotopic (exact) mass is 309 g/mol. The van der Waals surface area contributed by atoms with E-state index in [0.717, 1.165) is 42.7 Å². The van der Waals surface area contributed by atoms with Gasteiger partial charge in [0.25, 0.3) is 5.91 Å². The molecule has 23 heavy (non-hydrogen) atoms. The van der Waals surface area contributed by atoms with E-state index in [1.54, 1.807) is 7.11 Å². The fraction of sp³-hybridized carbons (Fsp3) is 0.350. The Hall–Kier alpha value is -2.29. The van der Waals surface area contributed by atoms with Crippen molar-refractivity contribution in [3.63, 3.8) is 0 Å². The number of hydrogen-bond acceptors (Lipinski definition) is 2. The van der Waals surface area contributed by atoms with E-state index in [1.165, 1.54) is 5.56 Å². The van der Waals surface area contributed by atoms with Crippen molar-refractivity contribution < 1.29 is 9.53 Å². The maximum atomic E-state index is 12.9. The molecule has 1 heterocycles. The van der Waals surface area contributed by atoms with Crippen molar-refractivity contribution in [2.24, 2.45) is 0 Å². The van der Waals surface area contributed by atoms with Gasteiger partial charge in [-0.15, -0.1) is 0 Å². The Bertz CT molecular complexity index is 678. The van der Waals surface area contributed by atoms with Crippen LogP contribution in [0.2, 0.25) is 0 Å². The van der Waals surface area contributed by atoms with Crippen LogP contribution in [0.3, 0.4) is 0 Å². The summed E-state index contributed by atoms with van der Waals surface area (Å²) in [6.07, 6.45) is 3.04. The third kappa shape index (κ3) is 3.24. The summed E-state index contributed by atoms with van der Waals surface area (Å²) >= 11 is 0. The van der Waals surface area contributed by atoms with Crippen molar-refractivity contribution in [2.45, 2.75) is 32.2 Å². The zero-order chi connectivity index (χ0) is 16.2. The minimum Gasteiger partial charge on any atom is -0.497 e. The highest BCUT2D eigenvalue weighted by Gasteiger charge is 2.30. The zero-order valence-electron chi connectivity index (χ0n) is 13.8. The van der Waals surface area contributed by atoms with Crippen LogP contribution in [0.1, 0.15) is 47.3 Å². The summed E-state index contributed by atoms with van der Waals surface area (Å²) in [5, 5.41) is 0. The van der Waals surface area contributed by atoms with Crippen LogP contribution in [-0.2, 0) is 6.42 Å². The number of ether oxygens (including phenoxy) is 1. The first-order valence-corrected chi connectivity index (χ1v) is 8.26. The summed E-state index contributed by atoms with van der Waals surface area (Å²) in [6, 6.07) is 16.2. The molecule has 1 fully saturated rings. The Labute approximate surface area is 137 Å². The smallest absolute Gasteiger partial charge is 0.254 e. The Morgan fingerprint density at radius 2 is 2.00 bits per heavy atom. The molecule has 1 atom stereocenters. The summed E-state index contributed by atoms with van der Waals surface area (Å²) in [5.41, 5.74) is 3.18. The van der Waals surface area contributed by atoms with Crippen molar-refractivity contribution in [3.05, 3.63) is 65.2 Å². The Morgan fingerprint density at radius 3 is 2.70 bits per heavy atom. The van der Waals surface area contributed by atoms with Gasteiger partial charge in [0.1, 0.15) is 5.75 Å². The van der Waals surface area contributed by atoms with Gasteiger partial charge in [-0.1, -0.05) is 31.2 Å². The Morgan fingerprint density at radius 1 is 1.22 bits per heavy atom. The van der Waals surface area contributed by atoms with Crippen LogP contribution in [0.5, 0.6) is 5.75 Å². The lowest BCUT2D eigenvalue weighted by Crippen LogP contribution is -2.30. The summed E-state index contributed by atoms with van der Waals surface area (Å²) in [7, 11) is 1.67. The van der Waals surface area contributed by atoms with Gasteiger partial charge in [0.05, 0.1) is 13.2 Å². The first kappa shape index (κ1) is 15.6. The predicted octanol–water partition coefficient (Wildman–Crippen LogP) is 4.23. The van der Waals surface area contributed by atoms with Gasteiger partial charge in [-0.3, -0.25) is 4.79 Å². The van der Waals surface area contributed by atoms with E-state index in [4.69, 9.17) is 4.74 Å². The largest absolute Gasteiger partial charge is 0.497 e. The SMILES string of the molecule is CCc1ccc(C(=O)N2CCCC2c2cccc(OC)c2)cc1. The second-order valence-electron chi connectivity index (χ2n) is 5.98. The van der Waals surface area contributed by atoms with Crippen LogP contribution in [0, 0.1) is 0 Å². The highest BCUT2D eigenvalue weighted by Crippen LogP contribution is 2.34. The van der Waals surface area contributed by atoms with Crippen LogP contribution < -0.4 is 4.74 Å². The molecule has 0 saturated carbocycles. The molecule has 0 radical (unpaired) electrons. The first-order chi connectivity index (χ1) is 11.2. The molecule has 0 N–H and O–H groups in total. The Balaban J connectivity index is 1.83. The van der Waals surface area contributed by atoms with Gasteiger partial charge in [0, 0.05) is 12.1 Å². The topological polar surface area (TPSA) is 29.5 Å². The highest BCUT2D eigenvalue weighted by molar-refractivity contribution is 5.94. The number of aryl methyl sites for hydroxylation is 1. The van der Waals surface area contributed by atoms with E-state index >= 15 is 0 Å². The van der Waals surface area contributed by atoms with Crippen LogP contribution in [0.4, 0.5) is 0 Å². The van der Waals surface area contributed by atoms with Gasteiger partial charge in [-0.25, -0.2) is 0 Å². The van der Waals surface area contributed by atoms with Gasteiger partial charge < -0.3 is 9.64 Å². The number of benzene rings is 2. The van der Waals surface area contributed by atoms with Crippen molar-refractivity contribution >= 4 is 5.91 Å². The summed E-state index contributed by atoms with van der Waals surface area (Å²) in [4.78, 5) is 14.9. The van der Waals surface area contributed by atoms with E-state index in [-0.39, 0.29) is 11.9 Å². The minimum absolute atomic E-state index is 0.123. The molecule has 2 aromatic carbocycles. The molecule has 1 saturated heterocycles. The van der Waals surface area contributed by atoms with Gasteiger partial charge in [-0.05, 0) is 54.7 Å². The second-order valence-corrected chi connectivity index (χ2v) is 5.98. The van der Waals surface area contributed by atoms with E-state index in [9.17, 15) is 4.79 Å². The van der Waals surface area contributed by atoms with Crippen LogP contribution in [-0.4, -0.2) is 24.5 Å². The normalized spacial score (nSPS) is 17.3. The van der Waals surface area contributed by atoms with Gasteiger partial charge in [0.15, 0.2) is 0 Å². The number of carbonyl (C=O) groups is 1. The van der Waals surface area contributed by atoms with Crippen LogP contribution >= 0.6 is 0 Å². The summed E-state index contributed by atoms with van der Waals surface area (Å²) in [5.74, 6) is 0.965. The van der Waals surface area contributed by atoms with Crippen molar-refractivity contribution in [3.8, 4) is 5.75 Å². The average Bonchev–Trinajstić information content (AvgIpc) is 3.11. The third-order valence-electron chi connectivity index (χ3n) is 4.60. The van der Waals surface area contributed by atoms with Crippen molar-refractivity contribution in [2.75, 3.05) is 13.7 Å². The number of amides is 1. The van der Waals surface area contributed by atoms with E-state index in [0.29, 0.717) is 0 Å². The van der Waals surface area contributed by atoms with E-state index in [1.807, 2.05) is 47.4 Å². The van der Waals surface area contributed by atoms with Gasteiger partial charge >= 0.3 is 0 Å². The lowest BCUT2D eigenvalue weighted by atomic mass is 10.0. The lowest BCUT2D eigenvalue weighted by Gasteiger charge is -2.25. The summed E-state index contributed by atoms with van der Waals surface area (Å²) in [6.45, 7) is 2.94. The molecule has 3 rings (SSSR count). The molecule has 3 heteroatoms. The number of carbonyl (C=O) groups excluding carboxylic acids is 1. The standard InChI is InChI=1S/C20H23NO2/c1-3-15-9-11-16(12-10-15)20(22)21-13-5-8-19(21)17-6-4-7-18(14-17)23-2/h4,6-7,9-12,14,19H,3,5,8,13H2,1-2H3. The molecule has 1 aliphatic heterocycles. The summed E-state index contributed by atoms with van der Waals surface area (Å²) < 4.78 is 5.32. The maximum Gasteiger partial charge on any atom is 0.254 e. The fourth-order valence-electron chi connectivity index (χ4n) is 3.25. The maximum absolute atomic E-state index is 12.9. The molecule has 2 aromatic rings. The number of rotatable bonds is 4. The molecule has 120 valence electrons. The average molecular weight is 309 g/mol. The molecule has 3 nitrogen and oxygen atoms in total. The van der Waals surface area contributed by atoms with Crippen molar-refractivity contribution in [1.82, 2.24) is 4.90 Å². The van der Waals surface area contributed by atoms with Gasteiger partial charge in [-0.2, -0.15) is 0 Å². The van der Waals surface area contributed by atoms with E-state index in [2.05, 4.69) is 13.0 Å². The molecule has 0 spiro atoms.